The second-order valence-corrected chi connectivity index (χ2v) is 5.17. The zero-order valence-corrected chi connectivity index (χ0v) is 12.2. The van der Waals surface area contributed by atoms with Crippen LogP contribution in [0.4, 0.5) is 5.82 Å². The first-order chi connectivity index (χ1) is 10.1. The molecule has 2 aromatic rings. The predicted molar refractivity (Wildman–Crippen MR) is 80.6 cm³/mol. The molecule has 6 nitrogen and oxygen atoms in total. The molecule has 110 valence electrons. The Bertz CT molecular complexity index is 600. The molecule has 0 fully saturated rings. The lowest BCUT2D eigenvalue weighted by Gasteiger charge is -2.21. The summed E-state index contributed by atoms with van der Waals surface area (Å²) < 4.78 is 0. The van der Waals surface area contributed by atoms with E-state index < -0.39 is 0 Å². The Kier molecular flexibility index (Phi) is 4.81. The van der Waals surface area contributed by atoms with Crippen molar-refractivity contribution in [1.82, 2.24) is 20.3 Å². The highest BCUT2D eigenvalue weighted by molar-refractivity contribution is 5.97. The van der Waals surface area contributed by atoms with Crippen LogP contribution < -0.4 is 11.1 Å². The van der Waals surface area contributed by atoms with Gasteiger partial charge in [-0.2, -0.15) is 0 Å². The first-order valence-electron chi connectivity index (χ1n) is 6.83. The van der Waals surface area contributed by atoms with Gasteiger partial charge < -0.3 is 11.1 Å². The molecule has 2 rings (SSSR count). The van der Waals surface area contributed by atoms with E-state index in [-0.39, 0.29) is 17.6 Å². The highest BCUT2D eigenvalue weighted by Gasteiger charge is 2.18. The van der Waals surface area contributed by atoms with Crippen LogP contribution in [0, 0.1) is 5.92 Å². The number of hydrogen-bond acceptors (Lipinski definition) is 5. The van der Waals surface area contributed by atoms with Crippen molar-refractivity contribution in [1.29, 1.82) is 0 Å². The van der Waals surface area contributed by atoms with Gasteiger partial charge in [0.15, 0.2) is 0 Å². The Morgan fingerprint density at radius 1 is 1.33 bits per heavy atom. The molecule has 2 heterocycles. The van der Waals surface area contributed by atoms with Gasteiger partial charge in [-0.1, -0.05) is 19.9 Å². The average Bonchev–Trinajstić information content (AvgIpc) is 2.48. The molecule has 1 atom stereocenters. The minimum absolute atomic E-state index is 0.185. The Morgan fingerprint density at radius 2 is 2.14 bits per heavy atom. The summed E-state index contributed by atoms with van der Waals surface area (Å²) in [5.74, 6) is 0.486. The second-order valence-electron chi connectivity index (χ2n) is 5.17. The number of rotatable bonds is 5. The Morgan fingerprint density at radius 3 is 2.76 bits per heavy atom. The summed E-state index contributed by atoms with van der Waals surface area (Å²) in [6.07, 6.45) is 6.31. The van der Waals surface area contributed by atoms with Crippen LogP contribution >= 0.6 is 0 Å². The third-order valence-corrected chi connectivity index (χ3v) is 3.39. The van der Waals surface area contributed by atoms with Crippen LogP contribution in [-0.2, 0) is 0 Å². The van der Waals surface area contributed by atoms with E-state index in [1.807, 2.05) is 18.3 Å². The van der Waals surface area contributed by atoms with Crippen molar-refractivity contribution in [2.24, 2.45) is 5.92 Å². The number of anilines is 1. The molecular weight excluding hydrogens is 266 g/mol. The third-order valence-electron chi connectivity index (χ3n) is 3.39. The highest BCUT2D eigenvalue weighted by atomic mass is 16.1. The van der Waals surface area contributed by atoms with Crippen molar-refractivity contribution in [3.8, 4) is 0 Å². The number of nitrogen functional groups attached to an aromatic ring is 1. The summed E-state index contributed by atoms with van der Waals surface area (Å²) in [6, 6.07) is 3.92. The zero-order chi connectivity index (χ0) is 15.2. The molecule has 21 heavy (non-hydrogen) atoms. The molecule has 0 bridgehead atoms. The van der Waals surface area contributed by atoms with Gasteiger partial charge in [0.05, 0.1) is 5.56 Å². The molecule has 1 unspecified atom stereocenters. The third kappa shape index (κ3) is 3.75. The Labute approximate surface area is 123 Å². The molecule has 6 heteroatoms. The Balaban J connectivity index is 2.06. The fourth-order valence-electron chi connectivity index (χ4n) is 2.15. The van der Waals surface area contributed by atoms with Crippen LogP contribution in [0.3, 0.4) is 0 Å². The van der Waals surface area contributed by atoms with Crippen LogP contribution in [0.1, 0.15) is 35.7 Å². The van der Waals surface area contributed by atoms with E-state index in [0.717, 1.165) is 5.56 Å². The number of amides is 1. The van der Waals surface area contributed by atoms with Gasteiger partial charge in [-0.25, -0.2) is 9.97 Å². The number of nitrogens with two attached hydrogens (primary N) is 1. The lowest BCUT2D eigenvalue weighted by molar-refractivity contribution is 0.0949. The van der Waals surface area contributed by atoms with Crippen molar-refractivity contribution in [3.63, 3.8) is 0 Å². The maximum Gasteiger partial charge on any atom is 0.256 e. The van der Waals surface area contributed by atoms with Crippen LogP contribution in [0.5, 0.6) is 0 Å². The van der Waals surface area contributed by atoms with Crippen LogP contribution in [0.15, 0.2) is 37.1 Å². The van der Waals surface area contributed by atoms with Gasteiger partial charge in [-0.15, -0.1) is 0 Å². The zero-order valence-electron chi connectivity index (χ0n) is 12.2. The number of carbonyl (C=O) groups excluding carboxylic acids is 1. The van der Waals surface area contributed by atoms with Gasteiger partial charge in [0.2, 0.25) is 0 Å². The lowest BCUT2D eigenvalue weighted by atomic mass is 9.89. The van der Waals surface area contributed by atoms with Gasteiger partial charge in [0.25, 0.3) is 5.91 Å². The summed E-state index contributed by atoms with van der Waals surface area (Å²) >= 11 is 0. The van der Waals surface area contributed by atoms with Crippen LogP contribution in [0.25, 0.3) is 0 Å². The highest BCUT2D eigenvalue weighted by Crippen LogP contribution is 2.22. The minimum atomic E-state index is -0.261. The van der Waals surface area contributed by atoms with Crippen LogP contribution in [-0.4, -0.2) is 27.4 Å². The topological polar surface area (TPSA) is 93.8 Å². The molecule has 3 N–H and O–H groups in total. The van der Waals surface area contributed by atoms with Gasteiger partial charge in [0, 0.05) is 31.1 Å². The van der Waals surface area contributed by atoms with Crippen molar-refractivity contribution >= 4 is 11.7 Å². The summed E-state index contributed by atoms with van der Waals surface area (Å²) in [7, 11) is 0. The molecule has 0 saturated heterocycles. The maximum absolute atomic E-state index is 12.1. The molecule has 0 aliphatic heterocycles. The van der Waals surface area contributed by atoms with Gasteiger partial charge in [0.1, 0.15) is 12.1 Å². The Hall–Kier alpha value is -2.50. The average molecular weight is 285 g/mol. The van der Waals surface area contributed by atoms with Crippen molar-refractivity contribution in [3.05, 3.63) is 48.2 Å². The number of nitrogens with zero attached hydrogens (tertiary/aromatic N) is 3. The van der Waals surface area contributed by atoms with Crippen molar-refractivity contribution in [2.75, 3.05) is 12.3 Å². The minimum Gasteiger partial charge on any atom is -0.383 e. The van der Waals surface area contributed by atoms with E-state index in [4.69, 9.17) is 5.73 Å². The summed E-state index contributed by atoms with van der Waals surface area (Å²) in [5.41, 5.74) is 7.08. The quantitative estimate of drug-likeness (QED) is 0.870. The summed E-state index contributed by atoms with van der Waals surface area (Å²) in [6.45, 7) is 4.74. The molecule has 0 aliphatic carbocycles. The monoisotopic (exact) mass is 285 g/mol. The fraction of sp³-hybridized carbons (Fsp3) is 0.333. The first-order valence-corrected chi connectivity index (χ1v) is 6.83. The summed E-state index contributed by atoms with van der Waals surface area (Å²) in [5, 5.41) is 2.89. The second kappa shape index (κ2) is 6.78. The predicted octanol–water partition coefficient (Wildman–Crippen LogP) is 1.62. The largest absolute Gasteiger partial charge is 0.383 e. The van der Waals surface area contributed by atoms with Gasteiger partial charge in [-0.3, -0.25) is 9.78 Å². The molecule has 0 saturated carbocycles. The van der Waals surface area contributed by atoms with E-state index in [0.29, 0.717) is 18.0 Å². The summed E-state index contributed by atoms with van der Waals surface area (Å²) in [4.78, 5) is 23.9. The molecular formula is C15H19N5O. The lowest BCUT2D eigenvalue weighted by Crippen LogP contribution is -2.31. The SMILES string of the molecule is CC(C)C(CNC(=O)c1cncnc1N)c1cccnc1. The fourth-order valence-corrected chi connectivity index (χ4v) is 2.15. The van der Waals surface area contributed by atoms with Crippen molar-refractivity contribution < 1.29 is 4.79 Å². The van der Waals surface area contributed by atoms with Crippen LogP contribution in [0.2, 0.25) is 0 Å². The number of hydrogen-bond donors (Lipinski definition) is 2. The van der Waals surface area contributed by atoms with Gasteiger partial charge in [-0.05, 0) is 17.5 Å². The number of nitrogens with one attached hydrogen (secondary N) is 1. The molecule has 0 radical (unpaired) electrons. The number of pyridine rings is 1. The molecule has 1 amide bonds. The van der Waals surface area contributed by atoms with E-state index in [9.17, 15) is 4.79 Å². The van der Waals surface area contributed by atoms with Crippen molar-refractivity contribution in [2.45, 2.75) is 19.8 Å². The standard InChI is InChI=1S/C15H19N5O/c1-10(2)12(11-4-3-5-17-6-11)8-19-15(21)13-7-18-9-20-14(13)16/h3-7,9-10,12H,8H2,1-2H3,(H,19,21)(H2,16,18,20). The number of aromatic nitrogens is 3. The smallest absolute Gasteiger partial charge is 0.256 e. The first kappa shape index (κ1) is 14.9. The van der Waals surface area contributed by atoms with E-state index in [1.165, 1.54) is 12.5 Å². The normalized spacial score (nSPS) is 12.1. The molecule has 0 spiro atoms. The van der Waals surface area contributed by atoms with E-state index in [2.05, 4.69) is 34.1 Å². The molecule has 0 aromatic carbocycles. The van der Waals surface area contributed by atoms with E-state index in [1.54, 1.807) is 6.20 Å². The maximum atomic E-state index is 12.1. The number of carbonyl (C=O) groups is 1. The molecule has 0 aliphatic rings. The van der Waals surface area contributed by atoms with Gasteiger partial charge >= 0.3 is 0 Å². The van der Waals surface area contributed by atoms with E-state index >= 15 is 0 Å². The molecule has 2 aromatic heterocycles.